The number of hydrogen-bond donors (Lipinski definition) is 2. The Morgan fingerprint density at radius 1 is 1.03 bits per heavy atom. The molecule has 0 aliphatic carbocycles. The van der Waals surface area contributed by atoms with Crippen molar-refractivity contribution >= 4 is 23.4 Å². The standard InChI is InChI=1S/C23H24ClN3O6/c1-14-11-15(24)6-8-19(14)32-10-4-5-22(28)25-26-23(29)18-13-21(33-27-18)17-12-16(30-2)7-9-20(17)31-3/h6-9,11-13H,4-5,10H2,1-3H3,(H,25,28)(H,26,29). The average Bonchev–Trinajstić information content (AvgIpc) is 3.31. The van der Waals surface area contributed by atoms with E-state index in [1.165, 1.54) is 13.2 Å². The minimum absolute atomic E-state index is 0.00304. The number of rotatable bonds is 9. The summed E-state index contributed by atoms with van der Waals surface area (Å²) in [5.74, 6) is 1.17. The van der Waals surface area contributed by atoms with Crippen LogP contribution in [0.1, 0.15) is 28.9 Å². The van der Waals surface area contributed by atoms with Crippen LogP contribution in [0, 0.1) is 6.92 Å². The maximum atomic E-state index is 12.3. The first-order valence-corrected chi connectivity index (χ1v) is 10.5. The number of ether oxygens (including phenoxy) is 3. The van der Waals surface area contributed by atoms with Gasteiger partial charge in [-0.05, 0) is 55.3 Å². The van der Waals surface area contributed by atoms with E-state index in [1.807, 2.05) is 6.92 Å². The van der Waals surface area contributed by atoms with Crippen LogP contribution < -0.4 is 25.1 Å². The molecular weight excluding hydrogens is 450 g/mol. The van der Waals surface area contributed by atoms with Gasteiger partial charge in [-0.2, -0.15) is 0 Å². The van der Waals surface area contributed by atoms with Crippen LogP contribution in [-0.4, -0.2) is 37.8 Å². The van der Waals surface area contributed by atoms with E-state index in [2.05, 4.69) is 16.0 Å². The second kappa shape index (κ2) is 11.2. The lowest BCUT2D eigenvalue weighted by Gasteiger charge is -2.09. The first-order valence-electron chi connectivity index (χ1n) is 10.1. The van der Waals surface area contributed by atoms with Crippen molar-refractivity contribution in [1.82, 2.24) is 16.0 Å². The summed E-state index contributed by atoms with van der Waals surface area (Å²) in [5, 5.41) is 4.40. The predicted octanol–water partition coefficient (Wildman–Crippen LogP) is 3.94. The quantitative estimate of drug-likeness (QED) is 0.357. The maximum Gasteiger partial charge on any atom is 0.291 e. The zero-order chi connectivity index (χ0) is 23.8. The van der Waals surface area contributed by atoms with Crippen LogP contribution in [0.5, 0.6) is 17.2 Å². The van der Waals surface area contributed by atoms with Gasteiger partial charge in [-0.15, -0.1) is 0 Å². The number of methoxy groups -OCH3 is 2. The number of benzene rings is 2. The zero-order valence-corrected chi connectivity index (χ0v) is 19.2. The molecule has 33 heavy (non-hydrogen) atoms. The highest BCUT2D eigenvalue weighted by Gasteiger charge is 2.17. The Labute approximate surface area is 195 Å². The Balaban J connectivity index is 1.47. The van der Waals surface area contributed by atoms with E-state index in [0.29, 0.717) is 46.6 Å². The molecule has 0 spiro atoms. The normalized spacial score (nSPS) is 10.4. The highest BCUT2D eigenvalue weighted by atomic mass is 35.5. The van der Waals surface area contributed by atoms with Crippen molar-refractivity contribution in [2.75, 3.05) is 20.8 Å². The summed E-state index contributed by atoms with van der Waals surface area (Å²) in [4.78, 5) is 24.3. The van der Waals surface area contributed by atoms with Crippen molar-refractivity contribution in [3.8, 4) is 28.6 Å². The van der Waals surface area contributed by atoms with Gasteiger partial charge < -0.3 is 18.7 Å². The number of nitrogens with one attached hydrogen (secondary N) is 2. The van der Waals surface area contributed by atoms with Crippen LogP contribution >= 0.6 is 11.6 Å². The number of hydrazine groups is 1. The largest absolute Gasteiger partial charge is 0.497 e. The van der Waals surface area contributed by atoms with Gasteiger partial charge in [0.2, 0.25) is 5.91 Å². The Bertz CT molecular complexity index is 1130. The fourth-order valence-corrected chi connectivity index (χ4v) is 3.19. The van der Waals surface area contributed by atoms with Gasteiger partial charge in [-0.25, -0.2) is 0 Å². The summed E-state index contributed by atoms with van der Waals surface area (Å²) < 4.78 is 21.5. The number of halogens is 1. The molecule has 0 saturated heterocycles. The Kier molecular flexibility index (Phi) is 8.15. The molecule has 0 aliphatic heterocycles. The summed E-state index contributed by atoms with van der Waals surface area (Å²) in [7, 11) is 3.06. The molecule has 0 aliphatic rings. The lowest BCUT2D eigenvalue weighted by molar-refractivity contribution is -0.122. The molecular formula is C23H24ClN3O6. The molecule has 9 nitrogen and oxygen atoms in total. The lowest BCUT2D eigenvalue weighted by Crippen LogP contribution is -2.41. The van der Waals surface area contributed by atoms with Crippen molar-refractivity contribution in [3.63, 3.8) is 0 Å². The topological polar surface area (TPSA) is 112 Å². The van der Waals surface area contributed by atoms with E-state index in [-0.39, 0.29) is 18.0 Å². The Morgan fingerprint density at radius 3 is 2.55 bits per heavy atom. The van der Waals surface area contributed by atoms with E-state index in [4.69, 9.17) is 30.3 Å². The van der Waals surface area contributed by atoms with Crippen LogP contribution in [0.2, 0.25) is 5.02 Å². The second-order valence-electron chi connectivity index (χ2n) is 7.01. The fraction of sp³-hybridized carbons (Fsp3) is 0.261. The highest BCUT2D eigenvalue weighted by Crippen LogP contribution is 2.33. The van der Waals surface area contributed by atoms with Crippen LogP contribution in [0.3, 0.4) is 0 Å². The molecule has 174 valence electrons. The van der Waals surface area contributed by atoms with Crippen molar-refractivity contribution in [1.29, 1.82) is 0 Å². The van der Waals surface area contributed by atoms with E-state index < -0.39 is 5.91 Å². The van der Waals surface area contributed by atoms with Gasteiger partial charge in [-0.1, -0.05) is 16.8 Å². The molecule has 3 aromatic rings. The number of aromatic nitrogens is 1. The molecule has 0 unspecified atom stereocenters. The molecule has 2 aromatic carbocycles. The molecule has 0 radical (unpaired) electrons. The third kappa shape index (κ3) is 6.39. The highest BCUT2D eigenvalue weighted by molar-refractivity contribution is 6.30. The van der Waals surface area contributed by atoms with Crippen molar-refractivity contribution in [2.45, 2.75) is 19.8 Å². The minimum Gasteiger partial charge on any atom is -0.497 e. The summed E-state index contributed by atoms with van der Waals surface area (Å²) in [5.41, 5.74) is 6.15. The summed E-state index contributed by atoms with van der Waals surface area (Å²) >= 11 is 5.92. The molecule has 0 atom stereocenters. The van der Waals surface area contributed by atoms with E-state index in [0.717, 1.165) is 5.56 Å². The lowest BCUT2D eigenvalue weighted by atomic mass is 10.1. The monoisotopic (exact) mass is 473 g/mol. The predicted molar refractivity (Wildman–Crippen MR) is 122 cm³/mol. The zero-order valence-electron chi connectivity index (χ0n) is 18.4. The first kappa shape index (κ1) is 23.9. The number of carbonyl (C=O) groups is 2. The minimum atomic E-state index is -0.617. The van der Waals surface area contributed by atoms with Crippen molar-refractivity contribution < 1.29 is 28.3 Å². The van der Waals surface area contributed by atoms with Gasteiger partial charge in [0.05, 0.1) is 26.4 Å². The smallest absolute Gasteiger partial charge is 0.291 e. The molecule has 2 N–H and O–H groups in total. The van der Waals surface area contributed by atoms with Crippen molar-refractivity contribution in [2.24, 2.45) is 0 Å². The SMILES string of the molecule is COc1ccc(OC)c(-c2cc(C(=O)NNC(=O)CCCOc3ccc(Cl)cc3C)no2)c1. The van der Waals surface area contributed by atoms with Gasteiger partial charge in [-0.3, -0.25) is 20.4 Å². The van der Waals surface area contributed by atoms with E-state index >= 15 is 0 Å². The molecule has 1 heterocycles. The van der Waals surface area contributed by atoms with Gasteiger partial charge in [0.15, 0.2) is 11.5 Å². The molecule has 0 saturated carbocycles. The number of nitrogens with zero attached hydrogens (tertiary/aromatic N) is 1. The van der Waals surface area contributed by atoms with Crippen LogP contribution in [0.4, 0.5) is 0 Å². The second-order valence-corrected chi connectivity index (χ2v) is 7.44. The molecule has 10 heteroatoms. The molecule has 3 rings (SSSR count). The van der Waals surface area contributed by atoms with Gasteiger partial charge >= 0.3 is 0 Å². The van der Waals surface area contributed by atoms with Crippen molar-refractivity contribution in [3.05, 3.63) is 58.7 Å². The molecule has 0 fully saturated rings. The molecule has 2 amide bonds. The van der Waals surface area contributed by atoms with E-state index in [1.54, 1.807) is 43.5 Å². The third-order valence-electron chi connectivity index (χ3n) is 4.67. The number of amides is 2. The molecule has 0 bridgehead atoms. The number of carbonyl (C=O) groups excluding carboxylic acids is 2. The fourth-order valence-electron chi connectivity index (χ4n) is 2.96. The first-order chi connectivity index (χ1) is 15.9. The summed E-state index contributed by atoms with van der Waals surface area (Å²) in [6.07, 6.45) is 0.630. The average molecular weight is 474 g/mol. The third-order valence-corrected chi connectivity index (χ3v) is 4.91. The van der Waals surface area contributed by atoms with Gasteiger partial charge in [0.1, 0.15) is 17.2 Å². The van der Waals surface area contributed by atoms with Crippen LogP contribution in [0.15, 0.2) is 47.0 Å². The maximum absolute atomic E-state index is 12.3. The van der Waals surface area contributed by atoms with Gasteiger partial charge in [0.25, 0.3) is 5.91 Å². The summed E-state index contributed by atoms with van der Waals surface area (Å²) in [6, 6.07) is 11.9. The van der Waals surface area contributed by atoms with Crippen LogP contribution in [-0.2, 0) is 4.79 Å². The number of aryl methyl sites for hydroxylation is 1. The van der Waals surface area contributed by atoms with E-state index in [9.17, 15) is 9.59 Å². The summed E-state index contributed by atoms with van der Waals surface area (Å²) in [6.45, 7) is 2.24. The number of hydrogen-bond acceptors (Lipinski definition) is 7. The Hall–Kier alpha value is -3.72. The molecule has 1 aromatic heterocycles. The Morgan fingerprint density at radius 2 is 1.82 bits per heavy atom. The van der Waals surface area contributed by atoms with Crippen LogP contribution in [0.25, 0.3) is 11.3 Å². The van der Waals surface area contributed by atoms with Gasteiger partial charge in [0, 0.05) is 17.5 Å².